The van der Waals surface area contributed by atoms with Gasteiger partial charge in [0, 0.05) is 29.6 Å². The average Bonchev–Trinajstić information content (AvgIpc) is 3.34. The number of carbonyl (C=O) groups excluding carboxylic acids is 1. The van der Waals surface area contributed by atoms with Crippen molar-refractivity contribution in [3.63, 3.8) is 0 Å². The fourth-order valence-corrected chi connectivity index (χ4v) is 4.21. The van der Waals surface area contributed by atoms with E-state index in [0.29, 0.717) is 36.1 Å². The maximum atomic E-state index is 12.1. The summed E-state index contributed by atoms with van der Waals surface area (Å²) in [6.45, 7) is 10.8. The van der Waals surface area contributed by atoms with Crippen LogP contribution < -0.4 is 14.9 Å². The van der Waals surface area contributed by atoms with E-state index in [4.69, 9.17) is 32.7 Å². The predicted octanol–water partition coefficient (Wildman–Crippen LogP) is 4.57. The van der Waals surface area contributed by atoms with Crippen molar-refractivity contribution in [2.24, 2.45) is 0 Å². The minimum Gasteiger partial charge on any atom is -0.497 e. The summed E-state index contributed by atoms with van der Waals surface area (Å²) in [5.41, 5.74) is 2.10. The van der Waals surface area contributed by atoms with Gasteiger partial charge in [-0.25, -0.2) is 0 Å². The van der Waals surface area contributed by atoms with Crippen LogP contribution in [-0.2, 0) is 43.2 Å². The van der Waals surface area contributed by atoms with E-state index in [0.717, 1.165) is 22.0 Å². The molecule has 0 unspecified atom stereocenters. The first kappa shape index (κ1) is 27.0. The number of hydrogen-bond donors (Lipinski definition) is 0. The van der Waals surface area contributed by atoms with Gasteiger partial charge in [0.25, 0.3) is 0 Å². The Balaban J connectivity index is 1.67. The highest BCUT2D eigenvalue weighted by Gasteiger charge is 2.52. The number of esters is 1. The van der Waals surface area contributed by atoms with Crippen molar-refractivity contribution in [3.05, 3.63) is 53.3 Å². The highest BCUT2D eigenvalue weighted by molar-refractivity contribution is 6.64. The lowest BCUT2D eigenvalue weighted by Gasteiger charge is -2.32. The molecule has 0 amide bonds. The van der Waals surface area contributed by atoms with Crippen LogP contribution in [-0.4, -0.2) is 45.1 Å². The molecule has 1 aromatic heterocycles. The van der Waals surface area contributed by atoms with E-state index >= 15 is 0 Å². The van der Waals surface area contributed by atoms with Crippen LogP contribution in [0.3, 0.4) is 0 Å². The molecule has 0 radical (unpaired) electrons. The first-order valence-corrected chi connectivity index (χ1v) is 12.4. The number of furan rings is 1. The van der Waals surface area contributed by atoms with E-state index in [1.807, 2.05) is 52.0 Å². The molecule has 0 atom stereocenters. The summed E-state index contributed by atoms with van der Waals surface area (Å²) in [6.07, 6.45) is 0.105. The third-order valence-corrected chi connectivity index (χ3v) is 6.86. The Morgan fingerprint density at radius 3 is 2.35 bits per heavy atom. The van der Waals surface area contributed by atoms with Gasteiger partial charge < -0.3 is 32.7 Å². The minimum absolute atomic E-state index is 0.105. The highest BCUT2D eigenvalue weighted by atomic mass is 16.7. The van der Waals surface area contributed by atoms with Gasteiger partial charge in [0.15, 0.2) is 0 Å². The van der Waals surface area contributed by atoms with Crippen LogP contribution in [0.15, 0.2) is 40.8 Å². The van der Waals surface area contributed by atoms with E-state index in [-0.39, 0.29) is 19.0 Å². The van der Waals surface area contributed by atoms with Crippen molar-refractivity contribution < 1.29 is 37.5 Å². The average molecular weight is 510 g/mol. The molecule has 37 heavy (non-hydrogen) atoms. The molecule has 4 rings (SSSR count). The lowest BCUT2D eigenvalue weighted by Crippen LogP contribution is -2.41. The normalized spacial score (nSPS) is 16.2. The summed E-state index contributed by atoms with van der Waals surface area (Å²) >= 11 is 0. The van der Waals surface area contributed by atoms with Crippen LogP contribution in [0.1, 0.15) is 51.5 Å². The molecule has 0 aliphatic carbocycles. The topological polar surface area (TPSA) is 85.6 Å². The van der Waals surface area contributed by atoms with Crippen molar-refractivity contribution >= 4 is 29.5 Å². The quantitative estimate of drug-likeness (QED) is 0.290. The summed E-state index contributed by atoms with van der Waals surface area (Å²) in [6, 6.07) is 11.3. The van der Waals surface area contributed by atoms with Crippen LogP contribution in [0.25, 0.3) is 11.0 Å². The Labute approximate surface area is 218 Å². The van der Waals surface area contributed by atoms with Gasteiger partial charge in [-0.05, 0) is 58.4 Å². The van der Waals surface area contributed by atoms with Gasteiger partial charge in [-0.15, -0.1) is 0 Å². The molecule has 198 valence electrons. The maximum Gasteiger partial charge on any atom is 0.498 e. The van der Waals surface area contributed by atoms with Crippen molar-refractivity contribution in [2.45, 2.75) is 65.5 Å². The third-order valence-electron chi connectivity index (χ3n) is 6.86. The zero-order chi connectivity index (χ0) is 26.8. The SMILES string of the molecule is CCOC(=O)Cc1ccc(OC)cc1OCc1cc(B2OC(C)(C)C(C)(C)O2)c2oc(COC)cc2c1. The molecule has 1 fully saturated rings. The van der Waals surface area contributed by atoms with Gasteiger partial charge in [-0.1, -0.05) is 12.1 Å². The molecule has 3 aromatic rings. The zero-order valence-corrected chi connectivity index (χ0v) is 22.6. The number of ether oxygens (including phenoxy) is 4. The number of hydrogen-bond acceptors (Lipinski definition) is 8. The molecule has 1 aliphatic heterocycles. The summed E-state index contributed by atoms with van der Waals surface area (Å²) < 4.78 is 40.8. The Morgan fingerprint density at radius 1 is 0.973 bits per heavy atom. The molecule has 8 nitrogen and oxygen atoms in total. The van der Waals surface area contributed by atoms with E-state index in [2.05, 4.69) is 0 Å². The van der Waals surface area contributed by atoms with E-state index in [9.17, 15) is 4.79 Å². The highest BCUT2D eigenvalue weighted by Crippen LogP contribution is 2.37. The molecule has 1 saturated heterocycles. The molecule has 2 aromatic carbocycles. The number of carbonyl (C=O) groups is 1. The number of fused-ring (bicyclic) bond motifs is 1. The smallest absolute Gasteiger partial charge is 0.497 e. The van der Waals surface area contributed by atoms with Gasteiger partial charge in [0.1, 0.15) is 36.1 Å². The number of rotatable bonds is 10. The Bertz CT molecular complexity index is 1250. The van der Waals surface area contributed by atoms with Crippen molar-refractivity contribution in [1.82, 2.24) is 0 Å². The maximum absolute atomic E-state index is 12.1. The Morgan fingerprint density at radius 2 is 1.70 bits per heavy atom. The third kappa shape index (κ3) is 5.79. The molecule has 0 N–H and O–H groups in total. The van der Waals surface area contributed by atoms with Gasteiger partial charge >= 0.3 is 13.1 Å². The lowest BCUT2D eigenvalue weighted by molar-refractivity contribution is -0.142. The predicted molar refractivity (Wildman–Crippen MR) is 140 cm³/mol. The molecule has 0 spiro atoms. The zero-order valence-electron chi connectivity index (χ0n) is 22.6. The van der Waals surface area contributed by atoms with Crippen LogP contribution >= 0.6 is 0 Å². The van der Waals surface area contributed by atoms with Gasteiger partial charge in [0.05, 0.1) is 31.3 Å². The Hall–Kier alpha value is -3.01. The second-order valence-corrected chi connectivity index (χ2v) is 10.1. The van der Waals surface area contributed by atoms with Crippen LogP contribution in [0.5, 0.6) is 11.5 Å². The molecule has 2 heterocycles. The second kappa shape index (κ2) is 10.8. The van der Waals surface area contributed by atoms with Crippen molar-refractivity contribution in [2.75, 3.05) is 20.8 Å². The summed E-state index contributed by atoms with van der Waals surface area (Å²) in [5, 5.41) is 0.898. The summed E-state index contributed by atoms with van der Waals surface area (Å²) in [5.74, 6) is 1.58. The molecule has 9 heteroatoms. The Kier molecular flexibility index (Phi) is 7.87. The van der Waals surface area contributed by atoms with Gasteiger partial charge in [0.2, 0.25) is 0 Å². The first-order chi connectivity index (χ1) is 17.6. The van der Waals surface area contributed by atoms with Gasteiger partial charge in [-0.3, -0.25) is 4.79 Å². The lowest BCUT2D eigenvalue weighted by atomic mass is 9.77. The number of methoxy groups -OCH3 is 2. The fraction of sp³-hybridized carbons (Fsp3) is 0.464. The molecular weight excluding hydrogens is 475 g/mol. The molecule has 0 bridgehead atoms. The monoisotopic (exact) mass is 510 g/mol. The van der Waals surface area contributed by atoms with Crippen LogP contribution in [0.2, 0.25) is 0 Å². The van der Waals surface area contributed by atoms with Crippen LogP contribution in [0.4, 0.5) is 0 Å². The molecule has 1 aliphatic rings. The van der Waals surface area contributed by atoms with E-state index < -0.39 is 18.3 Å². The molecule has 0 saturated carbocycles. The van der Waals surface area contributed by atoms with Gasteiger partial charge in [-0.2, -0.15) is 0 Å². The standard InChI is InChI=1S/C28H35BO8/c1-8-33-25(30)14-19-9-10-21(32-7)15-24(19)34-16-18-11-20-13-22(17-31-6)35-26(20)23(12-18)29-36-27(2,3)28(4,5)37-29/h9-13,15H,8,14,16-17H2,1-7H3. The van der Waals surface area contributed by atoms with Crippen molar-refractivity contribution in [3.8, 4) is 11.5 Å². The fourth-order valence-electron chi connectivity index (χ4n) is 4.21. The largest absolute Gasteiger partial charge is 0.498 e. The minimum atomic E-state index is -0.606. The van der Waals surface area contributed by atoms with E-state index in [1.165, 1.54) is 0 Å². The summed E-state index contributed by atoms with van der Waals surface area (Å²) in [7, 11) is 2.61. The van der Waals surface area contributed by atoms with Crippen molar-refractivity contribution in [1.29, 1.82) is 0 Å². The number of benzene rings is 2. The first-order valence-electron chi connectivity index (χ1n) is 12.4. The van der Waals surface area contributed by atoms with E-state index in [1.54, 1.807) is 33.3 Å². The second-order valence-electron chi connectivity index (χ2n) is 10.1. The van der Waals surface area contributed by atoms with Crippen LogP contribution in [0, 0.1) is 0 Å². The molecular formula is C28H35BO8. The summed E-state index contributed by atoms with van der Waals surface area (Å²) in [4.78, 5) is 12.1.